The molecule has 0 spiro atoms. The highest BCUT2D eigenvalue weighted by molar-refractivity contribution is 6.30. The Morgan fingerprint density at radius 3 is 2.54 bits per heavy atom. The topological polar surface area (TPSA) is 70.7 Å². The van der Waals surface area contributed by atoms with Gasteiger partial charge in [-0.1, -0.05) is 43.0 Å². The van der Waals surface area contributed by atoms with Crippen molar-refractivity contribution in [2.75, 3.05) is 20.2 Å². The van der Waals surface area contributed by atoms with Crippen molar-refractivity contribution in [2.24, 2.45) is 0 Å². The van der Waals surface area contributed by atoms with Crippen molar-refractivity contribution in [3.63, 3.8) is 0 Å². The Hall–Kier alpha value is -2.05. The highest BCUT2D eigenvalue weighted by Crippen LogP contribution is 2.30. The maximum absolute atomic E-state index is 12.8. The number of nitrogens with zero attached hydrogens (tertiary/aromatic N) is 1. The van der Waals surface area contributed by atoms with Gasteiger partial charge in [-0.15, -0.1) is 0 Å². The third-order valence-electron chi connectivity index (χ3n) is 5.46. The van der Waals surface area contributed by atoms with Gasteiger partial charge in [0, 0.05) is 23.3 Å². The Balaban J connectivity index is 1.94. The summed E-state index contributed by atoms with van der Waals surface area (Å²) in [5, 5.41) is 6.30. The van der Waals surface area contributed by atoms with E-state index in [0.717, 1.165) is 18.4 Å². The minimum atomic E-state index is -0.570. The quantitative estimate of drug-likeness (QED) is 0.706. The molecule has 2 amide bonds. The first-order chi connectivity index (χ1) is 13.5. The number of hydrogen-bond acceptors (Lipinski definition) is 4. The van der Waals surface area contributed by atoms with Crippen LogP contribution in [-0.2, 0) is 9.53 Å². The lowest BCUT2D eigenvalue weighted by Crippen LogP contribution is -2.49. The number of rotatable bonds is 6. The summed E-state index contributed by atoms with van der Waals surface area (Å²) in [6.07, 6.45) is 6.01. The molecule has 2 N–H and O–H groups in total. The first kappa shape index (κ1) is 20.7. The second kappa shape index (κ2) is 9.43. The molecule has 7 heteroatoms. The van der Waals surface area contributed by atoms with E-state index in [-0.39, 0.29) is 12.6 Å². The number of esters is 1. The number of amides is 2. The first-order valence-corrected chi connectivity index (χ1v) is 10.3. The van der Waals surface area contributed by atoms with Crippen LogP contribution in [-0.4, -0.2) is 43.1 Å². The second-order valence-corrected chi connectivity index (χ2v) is 7.84. The maximum atomic E-state index is 12.8. The fourth-order valence-corrected chi connectivity index (χ4v) is 4.12. The van der Waals surface area contributed by atoms with Gasteiger partial charge in [0.2, 0.25) is 0 Å². The lowest BCUT2D eigenvalue weighted by atomic mass is 9.93. The van der Waals surface area contributed by atoms with Crippen LogP contribution in [0.5, 0.6) is 0 Å². The van der Waals surface area contributed by atoms with Crippen molar-refractivity contribution < 1.29 is 14.3 Å². The Kier molecular flexibility index (Phi) is 6.97. The molecule has 0 saturated heterocycles. The Morgan fingerprint density at radius 1 is 1.21 bits per heavy atom. The third kappa shape index (κ3) is 4.86. The summed E-state index contributed by atoms with van der Waals surface area (Å²) in [5.41, 5.74) is 1.85. The van der Waals surface area contributed by atoms with Crippen molar-refractivity contribution in [2.45, 2.75) is 51.1 Å². The maximum Gasteiger partial charge on any atom is 0.338 e. The number of carbonyl (C=O) groups excluding carboxylic acids is 2. The van der Waals surface area contributed by atoms with Crippen LogP contribution >= 0.6 is 11.6 Å². The molecule has 6 nitrogen and oxygen atoms in total. The van der Waals surface area contributed by atoms with E-state index in [1.807, 2.05) is 12.1 Å². The summed E-state index contributed by atoms with van der Waals surface area (Å²) in [6, 6.07) is 6.72. The zero-order chi connectivity index (χ0) is 20.1. The predicted molar refractivity (Wildman–Crippen MR) is 109 cm³/mol. The zero-order valence-electron chi connectivity index (χ0n) is 16.5. The van der Waals surface area contributed by atoms with Crippen LogP contribution in [0.2, 0.25) is 5.02 Å². The van der Waals surface area contributed by atoms with Crippen molar-refractivity contribution in [1.29, 1.82) is 0 Å². The molecule has 1 aromatic rings. The second-order valence-electron chi connectivity index (χ2n) is 7.40. The molecule has 1 aromatic carbocycles. The number of halogens is 1. The Morgan fingerprint density at radius 2 is 1.89 bits per heavy atom. The number of hydrogen-bond donors (Lipinski definition) is 2. The fourth-order valence-electron chi connectivity index (χ4n) is 4.00. The standard InChI is InChI=1S/C21H28ClN3O3/c1-3-28-20(26)18-17(13-25(2)16-7-5-4-6-8-16)23-21(27)24-19(18)14-9-11-15(22)12-10-14/h9-12,16,19H,3-8,13H2,1-2H3,(H2,23,24,27)/t19-/m0/s1. The normalized spacial score (nSPS) is 20.7. The number of carbonyl (C=O) groups is 2. The molecule has 1 saturated carbocycles. The van der Waals surface area contributed by atoms with Crippen molar-refractivity contribution in [3.8, 4) is 0 Å². The summed E-state index contributed by atoms with van der Waals surface area (Å²) >= 11 is 6.00. The molecule has 1 atom stereocenters. The number of nitrogens with one attached hydrogen (secondary N) is 2. The van der Waals surface area contributed by atoms with Crippen LogP contribution in [0.1, 0.15) is 50.6 Å². The number of urea groups is 1. The van der Waals surface area contributed by atoms with E-state index in [1.54, 1.807) is 19.1 Å². The van der Waals surface area contributed by atoms with Crippen molar-refractivity contribution in [3.05, 3.63) is 46.1 Å². The van der Waals surface area contributed by atoms with Gasteiger partial charge >= 0.3 is 12.0 Å². The summed E-state index contributed by atoms with van der Waals surface area (Å²) in [4.78, 5) is 27.4. The van der Waals surface area contributed by atoms with Gasteiger partial charge in [-0.2, -0.15) is 0 Å². The van der Waals surface area contributed by atoms with Crippen LogP contribution < -0.4 is 10.6 Å². The molecule has 1 aliphatic carbocycles. The van der Waals surface area contributed by atoms with Gasteiger partial charge in [0.15, 0.2) is 0 Å². The smallest absolute Gasteiger partial charge is 0.338 e. The van der Waals surface area contributed by atoms with Gasteiger partial charge in [-0.05, 0) is 44.5 Å². The van der Waals surface area contributed by atoms with Crippen molar-refractivity contribution in [1.82, 2.24) is 15.5 Å². The molecular weight excluding hydrogens is 378 g/mol. The summed E-state index contributed by atoms with van der Waals surface area (Å²) in [7, 11) is 2.05. The number of ether oxygens (including phenoxy) is 1. The van der Waals surface area contributed by atoms with Crippen LogP contribution in [0.25, 0.3) is 0 Å². The lowest BCUT2D eigenvalue weighted by Gasteiger charge is -2.35. The minimum Gasteiger partial charge on any atom is -0.463 e. The monoisotopic (exact) mass is 405 g/mol. The molecule has 0 bridgehead atoms. The predicted octanol–water partition coefficient (Wildman–Crippen LogP) is 3.78. The van der Waals surface area contributed by atoms with Gasteiger partial charge in [0.25, 0.3) is 0 Å². The third-order valence-corrected chi connectivity index (χ3v) is 5.71. The summed E-state index contributed by atoms with van der Waals surface area (Å²) in [5.74, 6) is -0.415. The first-order valence-electron chi connectivity index (χ1n) is 9.93. The van der Waals surface area contributed by atoms with Gasteiger partial charge < -0.3 is 15.4 Å². The molecule has 28 heavy (non-hydrogen) atoms. The van der Waals surface area contributed by atoms with Crippen molar-refractivity contribution >= 4 is 23.6 Å². The van der Waals surface area contributed by atoms with E-state index in [0.29, 0.717) is 28.9 Å². The Bertz CT molecular complexity index is 742. The van der Waals surface area contributed by atoms with Gasteiger partial charge in [-0.25, -0.2) is 9.59 Å². The zero-order valence-corrected chi connectivity index (χ0v) is 17.2. The van der Waals surface area contributed by atoms with E-state index < -0.39 is 12.0 Å². The molecule has 1 heterocycles. The molecular formula is C21H28ClN3O3. The fraction of sp³-hybridized carbons (Fsp3) is 0.524. The van der Waals surface area contributed by atoms with E-state index in [1.165, 1.54) is 19.3 Å². The van der Waals surface area contributed by atoms with Crippen LogP contribution in [0.15, 0.2) is 35.5 Å². The Labute approximate surface area is 171 Å². The SMILES string of the molecule is CCOC(=O)C1=C(CN(C)C2CCCCC2)NC(=O)N[C@H]1c1ccc(Cl)cc1. The molecule has 1 aliphatic heterocycles. The summed E-state index contributed by atoms with van der Waals surface area (Å²) in [6.45, 7) is 2.55. The molecule has 0 aromatic heterocycles. The highest BCUT2D eigenvalue weighted by atomic mass is 35.5. The molecule has 2 aliphatic rings. The van der Waals surface area contributed by atoms with Gasteiger partial charge in [-0.3, -0.25) is 4.90 Å². The average Bonchev–Trinajstić information content (AvgIpc) is 2.69. The minimum absolute atomic E-state index is 0.273. The van der Waals surface area contributed by atoms with E-state index in [9.17, 15) is 9.59 Å². The molecule has 3 rings (SSSR count). The van der Waals surface area contributed by atoms with E-state index in [4.69, 9.17) is 16.3 Å². The van der Waals surface area contributed by atoms with E-state index in [2.05, 4.69) is 22.6 Å². The lowest BCUT2D eigenvalue weighted by molar-refractivity contribution is -0.139. The van der Waals surface area contributed by atoms with E-state index >= 15 is 0 Å². The molecule has 0 radical (unpaired) electrons. The van der Waals surface area contributed by atoms with Crippen LogP contribution in [0, 0.1) is 0 Å². The van der Waals surface area contributed by atoms with Gasteiger partial charge in [0.05, 0.1) is 18.2 Å². The number of benzene rings is 1. The molecule has 0 unspecified atom stereocenters. The molecule has 1 fully saturated rings. The summed E-state index contributed by atoms with van der Waals surface area (Å²) < 4.78 is 5.32. The van der Waals surface area contributed by atoms with Crippen LogP contribution in [0.4, 0.5) is 4.79 Å². The van der Waals surface area contributed by atoms with Gasteiger partial charge in [0.1, 0.15) is 0 Å². The van der Waals surface area contributed by atoms with Crippen LogP contribution in [0.3, 0.4) is 0 Å². The number of likely N-dealkylation sites (N-methyl/N-ethyl adjacent to an activating group) is 1. The average molecular weight is 406 g/mol. The largest absolute Gasteiger partial charge is 0.463 e. The molecule has 152 valence electrons. The highest BCUT2D eigenvalue weighted by Gasteiger charge is 2.34.